The molecule has 234 valence electrons. The van der Waals surface area contributed by atoms with Crippen LogP contribution in [0.1, 0.15) is 60.3 Å². The normalized spacial score (nSPS) is 14.3. The molecule has 9 nitrogen and oxygen atoms in total. The van der Waals surface area contributed by atoms with Gasteiger partial charge >= 0.3 is 0 Å². The van der Waals surface area contributed by atoms with E-state index >= 15 is 0 Å². The van der Waals surface area contributed by atoms with Gasteiger partial charge in [-0.15, -0.1) is 0 Å². The summed E-state index contributed by atoms with van der Waals surface area (Å²) in [5.74, 6) is 1.15. The SMILES string of the molecule is CCN(CC)c1ccc2c(c1)Oc1cc(N(CC)CC)ccc1C21c2ccccc2C(=O)N1/N=C\C=C\c1ccc([N+](=O)[O-])cc1. The van der Waals surface area contributed by atoms with Gasteiger partial charge in [0.15, 0.2) is 0 Å². The molecule has 0 fully saturated rings. The van der Waals surface area contributed by atoms with Crippen LogP contribution in [0.25, 0.3) is 6.08 Å². The molecule has 0 atom stereocenters. The molecule has 0 aliphatic carbocycles. The molecular formula is C37H37N5O4. The van der Waals surface area contributed by atoms with Gasteiger partial charge in [-0.1, -0.05) is 36.4 Å². The molecule has 46 heavy (non-hydrogen) atoms. The average Bonchev–Trinajstić information content (AvgIpc) is 3.32. The van der Waals surface area contributed by atoms with Crippen LogP contribution in [0, 0.1) is 10.1 Å². The fourth-order valence-electron chi connectivity index (χ4n) is 6.61. The van der Waals surface area contributed by atoms with Gasteiger partial charge in [0.1, 0.15) is 17.0 Å². The average molecular weight is 616 g/mol. The highest BCUT2D eigenvalue weighted by molar-refractivity contribution is 6.02. The molecule has 2 heterocycles. The number of amides is 1. The standard InChI is InChI=1S/C37H37N5O4/c1-5-39(6-2)28-19-21-32-34(24-28)46-35-25-29(40(7-3)8-4)20-22-33(35)37(32)31-14-10-9-13-30(31)36(43)41(37)38-23-11-12-26-15-17-27(18-16-26)42(44)45/h9-25H,5-8H2,1-4H3/b12-11+,38-23-. The topological polar surface area (TPSA) is 91.5 Å². The predicted molar refractivity (Wildman–Crippen MR) is 183 cm³/mol. The first-order valence-corrected chi connectivity index (χ1v) is 15.7. The Bertz CT molecular complexity index is 1780. The Morgan fingerprint density at radius 3 is 1.91 bits per heavy atom. The lowest BCUT2D eigenvalue weighted by Gasteiger charge is -2.42. The van der Waals surface area contributed by atoms with Crippen LogP contribution in [-0.4, -0.2) is 48.2 Å². The first-order chi connectivity index (χ1) is 22.4. The number of rotatable bonds is 10. The number of ether oxygens (including phenoxy) is 1. The maximum atomic E-state index is 14.3. The van der Waals surface area contributed by atoms with Gasteiger partial charge in [0.25, 0.3) is 11.6 Å². The Kier molecular flexibility index (Phi) is 8.32. The van der Waals surface area contributed by atoms with E-state index in [4.69, 9.17) is 9.84 Å². The molecule has 2 aliphatic heterocycles. The Morgan fingerprint density at radius 2 is 1.37 bits per heavy atom. The molecule has 0 saturated carbocycles. The summed E-state index contributed by atoms with van der Waals surface area (Å²) in [4.78, 5) is 29.4. The second-order valence-corrected chi connectivity index (χ2v) is 11.2. The molecule has 0 unspecified atom stereocenters. The molecule has 0 radical (unpaired) electrons. The summed E-state index contributed by atoms with van der Waals surface area (Å²) >= 11 is 0. The van der Waals surface area contributed by atoms with Crippen molar-refractivity contribution in [2.24, 2.45) is 5.10 Å². The molecule has 0 bridgehead atoms. The summed E-state index contributed by atoms with van der Waals surface area (Å²) in [6.07, 6.45) is 5.13. The number of fused-ring (bicyclic) bond motifs is 6. The maximum Gasteiger partial charge on any atom is 0.275 e. The van der Waals surface area contributed by atoms with Gasteiger partial charge in [-0.3, -0.25) is 14.9 Å². The lowest BCUT2D eigenvalue weighted by atomic mass is 9.75. The minimum Gasteiger partial charge on any atom is -0.456 e. The van der Waals surface area contributed by atoms with Crippen molar-refractivity contribution in [3.8, 4) is 11.5 Å². The molecule has 4 aromatic carbocycles. The van der Waals surface area contributed by atoms with Crippen molar-refractivity contribution in [1.29, 1.82) is 0 Å². The number of nitro benzene ring substituents is 1. The highest BCUT2D eigenvalue weighted by Gasteiger charge is 2.57. The number of hydrogen-bond acceptors (Lipinski definition) is 7. The summed E-state index contributed by atoms with van der Waals surface area (Å²) in [6.45, 7) is 11.9. The third kappa shape index (κ3) is 4.98. The number of carbonyl (C=O) groups excluding carboxylic acids is 1. The molecule has 0 saturated heterocycles. The zero-order valence-corrected chi connectivity index (χ0v) is 26.5. The maximum absolute atomic E-state index is 14.3. The van der Waals surface area contributed by atoms with Gasteiger partial charge < -0.3 is 14.5 Å². The first-order valence-electron chi connectivity index (χ1n) is 15.7. The van der Waals surface area contributed by atoms with Crippen LogP contribution in [-0.2, 0) is 5.54 Å². The minimum atomic E-state index is -1.07. The molecule has 9 heteroatoms. The Labute approximate surface area is 269 Å². The Morgan fingerprint density at radius 1 is 0.804 bits per heavy atom. The van der Waals surface area contributed by atoms with E-state index in [1.54, 1.807) is 35.5 Å². The summed E-state index contributed by atoms with van der Waals surface area (Å²) in [5.41, 5.74) is 4.91. The van der Waals surface area contributed by atoms with E-state index in [0.29, 0.717) is 17.1 Å². The van der Waals surface area contributed by atoms with Crippen molar-refractivity contribution >= 4 is 35.3 Å². The fraction of sp³-hybridized carbons (Fsp3) is 0.243. The number of non-ortho nitro benzene ring substituents is 1. The number of anilines is 2. The fourth-order valence-corrected chi connectivity index (χ4v) is 6.61. The van der Waals surface area contributed by atoms with E-state index in [-0.39, 0.29) is 11.6 Å². The smallest absolute Gasteiger partial charge is 0.275 e. The van der Waals surface area contributed by atoms with Crippen LogP contribution < -0.4 is 14.5 Å². The minimum absolute atomic E-state index is 0.0262. The predicted octanol–water partition coefficient (Wildman–Crippen LogP) is 7.84. The lowest BCUT2D eigenvalue weighted by molar-refractivity contribution is -0.384. The first kappa shape index (κ1) is 30.6. The number of nitrogens with zero attached hydrogens (tertiary/aromatic N) is 5. The van der Waals surface area contributed by atoms with E-state index in [1.807, 2.05) is 24.3 Å². The van der Waals surface area contributed by atoms with Crippen molar-refractivity contribution < 1.29 is 14.5 Å². The van der Waals surface area contributed by atoms with Gasteiger partial charge in [0.2, 0.25) is 0 Å². The number of allylic oxidation sites excluding steroid dienone is 1. The van der Waals surface area contributed by atoms with E-state index in [0.717, 1.165) is 59.8 Å². The van der Waals surface area contributed by atoms with Crippen molar-refractivity contribution in [1.82, 2.24) is 5.01 Å². The lowest BCUT2D eigenvalue weighted by Crippen LogP contribution is -2.44. The van der Waals surface area contributed by atoms with Crippen LogP contribution in [0.15, 0.2) is 96.1 Å². The van der Waals surface area contributed by atoms with Gasteiger partial charge in [-0.05, 0) is 69.7 Å². The highest BCUT2D eigenvalue weighted by atomic mass is 16.6. The molecule has 6 rings (SSSR count). The molecule has 0 aromatic heterocycles. The Balaban J connectivity index is 1.53. The second kappa shape index (κ2) is 12.5. The van der Waals surface area contributed by atoms with Crippen LogP contribution in [0.2, 0.25) is 0 Å². The molecule has 1 amide bonds. The van der Waals surface area contributed by atoms with Crippen LogP contribution in [0.4, 0.5) is 17.1 Å². The van der Waals surface area contributed by atoms with Crippen LogP contribution in [0.3, 0.4) is 0 Å². The van der Waals surface area contributed by atoms with Crippen LogP contribution in [0.5, 0.6) is 11.5 Å². The highest BCUT2D eigenvalue weighted by Crippen LogP contribution is 2.58. The summed E-state index contributed by atoms with van der Waals surface area (Å²) in [5, 5.41) is 17.4. The van der Waals surface area contributed by atoms with Crippen molar-refractivity contribution in [3.63, 3.8) is 0 Å². The van der Waals surface area contributed by atoms with Crippen molar-refractivity contribution in [3.05, 3.63) is 129 Å². The van der Waals surface area contributed by atoms with Crippen molar-refractivity contribution in [2.45, 2.75) is 33.2 Å². The Hall–Kier alpha value is -5.44. The van der Waals surface area contributed by atoms with E-state index in [9.17, 15) is 14.9 Å². The van der Waals surface area contributed by atoms with E-state index in [1.165, 1.54) is 12.1 Å². The van der Waals surface area contributed by atoms with Gasteiger partial charge in [0, 0.05) is 90.3 Å². The molecule has 0 N–H and O–H groups in total. The third-order valence-corrected chi connectivity index (χ3v) is 8.91. The number of hydrogen-bond donors (Lipinski definition) is 0. The number of carbonyl (C=O) groups is 1. The van der Waals surface area contributed by atoms with Crippen LogP contribution >= 0.6 is 0 Å². The third-order valence-electron chi connectivity index (χ3n) is 8.91. The second-order valence-electron chi connectivity index (χ2n) is 11.2. The largest absolute Gasteiger partial charge is 0.456 e. The monoisotopic (exact) mass is 615 g/mol. The zero-order chi connectivity index (χ0) is 32.4. The zero-order valence-electron chi connectivity index (χ0n) is 26.5. The molecule has 1 spiro atoms. The summed E-state index contributed by atoms with van der Waals surface area (Å²) in [6, 6.07) is 26.4. The van der Waals surface area contributed by atoms with E-state index < -0.39 is 10.5 Å². The quantitative estimate of drug-likeness (QED) is 0.103. The van der Waals surface area contributed by atoms with Crippen molar-refractivity contribution in [2.75, 3.05) is 36.0 Å². The van der Waals surface area contributed by atoms with Gasteiger partial charge in [-0.2, -0.15) is 5.10 Å². The number of benzene rings is 4. The summed E-state index contributed by atoms with van der Waals surface area (Å²) in [7, 11) is 0. The number of nitro groups is 1. The molecule has 2 aliphatic rings. The van der Waals surface area contributed by atoms with Gasteiger partial charge in [0.05, 0.1) is 4.92 Å². The molecule has 4 aromatic rings. The molecular weight excluding hydrogens is 578 g/mol. The summed E-state index contributed by atoms with van der Waals surface area (Å²) < 4.78 is 6.73. The van der Waals surface area contributed by atoms with Gasteiger partial charge in [-0.25, -0.2) is 5.01 Å². The van der Waals surface area contributed by atoms with E-state index in [2.05, 4.69) is 73.9 Å². The number of hydrazone groups is 1.